The van der Waals surface area contributed by atoms with Crippen LogP contribution in [0.15, 0.2) is 0 Å². The molecule has 0 fully saturated rings. The van der Waals surface area contributed by atoms with Gasteiger partial charge in [0.05, 0.1) is 0 Å². The lowest BCUT2D eigenvalue weighted by molar-refractivity contribution is -0.153. The zero-order chi connectivity index (χ0) is 11.8. The van der Waals surface area contributed by atoms with Crippen LogP contribution in [0.25, 0.3) is 0 Å². The minimum atomic E-state index is -4.21. The molecule has 1 aliphatic heterocycles. The first-order valence-electron chi connectivity index (χ1n) is 5.52. The summed E-state index contributed by atoms with van der Waals surface area (Å²) in [6.07, 6.45) is -2.18. The molecule has 1 atom stereocenters. The highest BCUT2D eigenvalue weighted by atomic mass is 19.4. The molecule has 2 rings (SSSR count). The van der Waals surface area contributed by atoms with Crippen molar-refractivity contribution in [3.05, 3.63) is 11.6 Å². The monoisotopic (exact) mass is 233 g/mol. The minimum absolute atomic E-state index is 0.0989. The Bertz CT molecular complexity index is 370. The predicted octanol–water partition coefficient (Wildman–Crippen LogP) is 2.67. The van der Waals surface area contributed by atoms with E-state index in [9.17, 15) is 13.2 Å². The lowest BCUT2D eigenvalue weighted by Gasteiger charge is -2.17. The molecule has 0 N–H and O–H groups in total. The van der Waals surface area contributed by atoms with Gasteiger partial charge in [0.25, 0.3) is 0 Å². The van der Waals surface area contributed by atoms with Gasteiger partial charge in [-0.05, 0) is 12.8 Å². The number of nitrogens with zero attached hydrogens (tertiary/aromatic N) is 3. The maximum atomic E-state index is 12.8. The van der Waals surface area contributed by atoms with Crippen molar-refractivity contribution >= 4 is 0 Å². The summed E-state index contributed by atoms with van der Waals surface area (Å²) < 4.78 is 39.9. The molecule has 0 aromatic carbocycles. The molecule has 0 radical (unpaired) electrons. The largest absolute Gasteiger partial charge is 0.398 e. The second-order valence-corrected chi connectivity index (χ2v) is 4.05. The third-order valence-corrected chi connectivity index (χ3v) is 2.88. The van der Waals surface area contributed by atoms with E-state index >= 15 is 0 Å². The number of aromatic nitrogens is 3. The van der Waals surface area contributed by atoms with Crippen molar-refractivity contribution in [1.29, 1.82) is 0 Å². The van der Waals surface area contributed by atoms with E-state index in [1.54, 1.807) is 0 Å². The van der Waals surface area contributed by atoms with Gasteiger partial charge in [0.2, 0.25) is 0 Å². The van der Waals surface area contributed by atoms with Gasteiger partial charge < -0.3 is 0 Å². The van der Waals surface area contributed by atoms with Crippen molar-refractivity contribution in [2.75, 3.05) is 0 Å². The molecule has 1 unspecified atom stereocenters. The van der Waals surface area contributed by atoms with Crippen LogP contribution < -0.4 is 0 Å². The van der Waals surface area contributed by atoms with E-state index in [2.05, 4.69) is 10.1 Å². The number of hydrogen-bond donors (Lipinski definition) is 0. The van der Waals surface area contributed by atoms with Gasteiger partial charge >= 0.3 is 6.18 Å². The van der Waals surface area contributed by atoms with Gasteiger partial charge in [0.15, 0.2) is 5.82 Å². The molecule has 0 saturated heterocycles. The van der Waals surface area contributed by atoms with E-state index < -0.39 is 12.1 Å². The molecule has 3 nitrogen and oxygen atoms in total. The number of halogens is 3. The van der Waals surface area contributed by atoms with Crippen molar-refractivity contribution in [2.24, 2.45) is 0 Å². The molecule has 90 valence electrons. The lowest BCUT2D eigenvalue weighted by atomic mass is 10.0. The van der Waals surface area contributed by atoms with E-state index in [1.165, 1.54) is 4.68 Å². The summed E-state index contributed by atoms with van der Waals surface area (Å²) in [6, 6.07) is 0. The third-order valence-electron chi connectivity index (χ3n) is 2.88. The molecule has 1 aromatic heterocycles. The van der Waals surface area contributed by atoms with E-state index in [4.69, 9.17) is 0 Å². The lowest BCUT2D eigenvalue weighted by Crippen LogP contribution is -2.23. The molecular formula is C10H14F3N3. The van der Waals surface area contributed by atoms with Gasteiger partial charge in [-0.3, -0.25) is 0 Å². The number of aryl methyl sites for hydroxylation is 2. The summed E-state index contributed by atoms with van der Waals surface area (Å²) in [6.45, 7) is 2.40. The molecule has 0 spiro atoms. The second kappa shape index (κ2) is 4.07. The van der Waals surface area contributed by atoms with Crippen LogP contribution in [0.5, 0.6) is 0 Å². The maximum absolute atomic E-state index is 12.8. The van der Waals surface area contributed by atoms with Gasteiger partial charge in [-0.2, -0.15) is 18.3 Å². The highest BCUT2D eigenvalue weighted by molar-refractivity contribution is 5.04. The summed E-state index contributed by atoms with van der Waals surface area (Å²) >= 11 is 0. The summed E-state index contributed by atoms with van der Waals surface area (Å²) in [5, 5.41) is 4.10. The van der Waals surface area contributed by atoms with Crippen LogP contribution in [0.1, 0.15) is 43.8 Å². The molecule has 6 heteroatoms. The zero-order valence-electron chi connectivity index (χ0n) is 9.09. The standard InChI is InChI=1S/C10H14F3N3/c1-2-8-14-9-7(10(11,12)13)5-3-4-6-16(9)15-8/h7H,2-6H2,1H3. The Labute approximate surface area is 91.7 Å². The Morgan fingerprint density at radius 1 is 1.38 bits per heavy atom. The Hall–Kier alpha value is -1.07. The summed E-state index contributed by atoms with van der Waals surface area (Å²) in [4.78, 5) is 4.01. The first-order valence-corrected chi connectivity index (χ1v) is 5.52. The number of fused-ring (bicyclic) bond motifs is 1. The molecular weight excluding hydrogens is 219 g/mol. The van der Waals surface area contributed by atoms with Crippen LogP contribution in [0.3, 0.4) is 0 Å². The molecule has 0 bridgehead atoms. The Morgan fingerprint density at radius 2 is 2.12 bits per heavy atom. The minimum Gasteiger partial charge on any atom is -0.249 e. The van der Waals surface area contributed by atoms with Crippen LogP contribution in [0.4, 0.5) is 13.2 Å². The van der Waals surface area contributed by atoms with E-state index in [1.807, 2.05) is 6.92 Å². The first-order chi connectivity index (χ1) is 7.52. The topological polar surface area (TPSA) is 30.7 Å². The summed E-state index contributed by atoms with van der Waals surface area (Å²) in [5.74, 6) is -0.837. The van der Waals surface area contributed by atoms with E-state index in [0.29, 0.717) is 25.2 Å². The average molecular weight is 233 g/mol. The Kier molecular flexibility index (Phi) is 2.90. The SMILES string of the molecule is CCc1nc2n(n1)CCCCC2C(F)(F)F. The highest BCUT2D eigenvalue weighted by Gasteiger charge is 2.44. The summed E-state index contributed by atoms with van der Waals surface area (Å²) in [5.41, 5.74) is 0. The number of alkyl halides is 3. The van der Waals surface area contributed by atoms with Crippen LogP contribution in [0, 0.1) is 0 Å². The predicted molar refractivity (Wildman–Crippen MR) is 52.0 cm³/mol. The van der Waals surface area contributed by atoms with Gasteiger partial charge in [-0.1, -0.05) is 13.3 Å². The summed E-state index contributed by atoms with van der Waals surface area (Å²) in [7, 11) is 0. The Morgan fingerprint density at radius 3 is 2.75 bits per heavy atom. The van der Waals surface area contributed by atoms with Crippen LogP contribution >= 0.6 is 0 Å². The van der Waals surface area contributed by atoms with Crippen molar-refractivity contribution in [3.63, 3.8) is 0 Å². The number of rotatable bonds is 1. The molecule has 0 amide bonds. The molecule has 16 heavy (non-hydrogen) atoms. The molecule has 1 aliphatic rings. The molecule has 0 saturated carbocycles. The fourth-order valence-corrected chi connectivity index (χ4v) is 2.02. The van der Waals surface area contributed by atoms with Crippen molar-refractivity contribution in [3.8, 4) is 0 Å². The van der Waals surface area contributed by atoms with Gasteiger partial charge in [0, 0.05) is 13.0 Å². The highest BCUT2D eigenvalue weighted by Crippen LogP contribution is 2.39. The normalized spacial score (nSPS) is 21.6. The quantitative estimate of drug-likeness (QED) is 0.746. The van der Waals surface area contributed by atoms with Crippen molar-refractivity contribution in [1.82, 2.24) is 14.8 Å². The molecule has 2 heterocycles. The molecule has 0 aliphatic carbocycles. The smallest absolute Gasteiger partial charge is 0.249 e. The van der Waals surface area contributed by atoms with Gasteiger partial charge in [0.1, 0.15) is 11.7 Å². The average Bonchev–Trinajstić information content (AvgIpc) is 2.49. The van der Waals surface area contributed by atoms with E-state index in [0.717, 1.165) is 6.42 Å². The fourth-order valence-electron chi connectivity index (χ4n) is 2.02. The van der Waals surface area contributed by atoms with Gasteiger partial charge in [-0.25, -0.2) is 9.67 Å². The van der Waals surface area contributed by atoms with Crippen molar-refractivity contribution in [2.45, 2.75) is 51.2 Å². The third kappa shape index (κ3) is 2.05. The van der Waals surface area contributed by atoms with Crippen LogP contribution in [-0.2, 0) is 13.0 Å². The maximum Gasteiger partial charge on any atom is 0.398 e. The van der Waals surface area contributed by atoms with Crippen molar-refractivity contribution < 1.29 is 13.2 Å². The van der Waals surface area contributed by atoms with Crippen LogP contribution in [-0.4, -0.2) is 20.9 Å². The Balaban J connectivity index is 2.39. The van der Waals surface area contributed by atoms with Crippen LogP contribution in [0.2, 0.25) is 0 Å². The second-order valence-electron chi connectivity index (χ2n) is 4.05. The first kappa shape index (κ1) is 11.4. The fraction of sp³-hybridized carbons (Fsp3) is 0.800. The zero-order valence-corrected chi connectivity index (χ0v) is 9.09. The molecule has 1 aromatic rings. The number of hydrogen-bond acceptors (Lipinski definition) is 2. The van der Waals surface area contributed by atoms with Gasteiger partial charge in [-0.15, -0.1) is 0 Å². The van der Waals surface area contributed by atoms with E-state index in [-0.39, 0.29) is 12.2 Å².